The molecule has 7 heteroatoms. The van der Waals surface area contributed by atoms with E-state index >= 15 is 0 Å². The van der Waals surface area contributed by atoms with Crippen LogP contribution in [0, 0.1) is 5.92 Å². The third kappa shape index (κ3) is 6.69. The smallest absolute Gasteiger partial charge is 0.407 e. The molecule has 0 spiro atoms. The zero-order valence-corrected chi connectivity index (χ0v) is 12.6. The second-order valence-electron chi connectivity index (χ2n) is 4.99. The molecule has 7 nitrogen and oxygen atoms in total. The van der Waals surface area contributed by atoms with Gasteiger partial charge < -0.3 is 15.4 Å². The molecule has 0 aromatic carbocycles. The van der Waals surface area contributed by atoms with Gasteiger partial charge in [0, 0.05) is 25.0 Å². The van der Waals surface area contributed by atoms with Gasteiger partial charge in [0.2, 0.25) is 0 Å². The molecule has 0 aliphatic rings. The van der Waals surface area contributed by atoms with Crippen molar-refractivity contribution in [3.05, 3.63) is 24.3 Å². The van der Waals surface area contributed by atoms with Crippen LogP contribution in [-0.4, -0.2) is 41.2 Å². The number of nitrogens with one attached hydrogen (secondary N) is 2. The molecule has 0 aliphatic heterocycles. The van der Waals surface area contributed by atoms with Crippen molar-refractivity contribution in [2.45, 2.75) is 33.2 Å². The number of hydrogen-bond donors (Lipinski definition) is 2. The van der Waals surface area contributed by atoms with Crippen molar-refractivity contribution in [1.29, 1.82) is 0 Å². The van der Waals surface area contributed by atoms with Gasteiger partial charge in [-0.25, -0.2) is 9.78 Å². The summed E-state index contributed by atoms with van der Waals surface area (Å²) in [6, 6.07) is -0.190. The molecule has 1 aromatic heterocycles. The highest BCUT2D eigenvalue weighted by Crippen LogP contribution is 2.04. The first-order valence-corrected chi connectivity index (χ1v) is 7.00. The Hall–Kier alpha value is -2.18. The van der Waals surface area contributed by atoms with Gasteiger partial charge in [-0.1, -0.05) is 13.8 Å². The van der Waals surface area contributed by atoms with E-state index in [-0.39, 0.29) is 17.6 Å². The van der Waals surface area contributed by atoms with Gasteiger partial charge in [-0.05, 0) is 19.3 Å². The molecule has 0 radical (unpaired) electrons. The zero-order valence-electron chi connectivity index (χ0n) is 12.6. The van der Waals surface area contributed by atoms with Gasteiger partial charge in [0.05, 0.1) is 12.8 Å². The summed E-state index contributed by atoms with van der Waals surface area (Å²) < 4.78 is 4.86. The molecule has 116 valence electrons. The summed E-state index contributed by atoms with van der Waals surface area (Å²) in [7, 11) is 0. The van der Waals surface area contributed by atoms with Crippen molar-refractivity contribution in [1.82, 2.24) is 20.6 Å². The van der Waals surface area contributed by atoms with Gasteiger partial charge in [-0.3, -0.25) is 9.78 Å². The molecule has 2 N–H and O–H groups in total. The molecule has 1 unspecified atom stereocenters. The molecule has 1 atom stereocenters. The quantitative estimate of drug-likeness (QED) is 0.792. The highest BCUT2D eigenvalue weighted by molar-refractivity contribution is 5.91. The Morgan fingerprint density at radius 3 is 2.67 bits per heavy atom. The van der Waals surface area contributed by atoms with Gasteiger partial charge in [-0.15, -0.1) is 0 Å². The van der Waals surface area contributed by atoms with E-state index in [4.69, 9.17) is 4.74 Å². The van der Waals surface area contributed by atoms with E-state index in [9.17, 15) is 9.59 Å². The highest BCUT2D eigenvalue weighted by Gasteiger charge is 2.16. The SMILES string of the molecule is CCOC(=O)NC(CNC(=O)c1cnccn1)CC(C)C. The van der Waals surface area contributed by atoms with Crippen molar-refractivity contribution in [2.24, 2.45) is 5.92 Å². The largest absolute Gasteiger partial charge is 0.450 e. The van der Waals surface area contributed by atoms with Crippen molar-refractivity contribution in [3.63, 3.8) is 0 Å². The van der Waals surface area contributed by atoms with Crippen molar-refractivity contribution in [2.75, 3.05) is 13.2 Å². The molecule has 0 saturated heterocycles. The lowest BCUT2D eigenvalue weighted by molar-refractivity contribution is 0.0939. The number of amides is 2. The summed E-state index contributed by atoms with van der Waals surface area (Å²) in [6.07, 6.45) is 4.61. The van der Waals surface area contributed by atoms with Crippen LogP contribution in [0.2, 0.25) is 0 Å². The van der Waals surface area contributed by atoms with E-state index in [0.29, 0.717) is 19.1 Å². The normalized spacial score (nSPS) is 11.8. The molecule has 0 aliphatic carbocycles. The number of alkyl carbamates (subject to hydrolysis) is 1. The minimum absolute atomic E-state index is 0.190. The molecule has 1 aromatic rings. The number of carbonyl (C=O) groups excluding carboxylic acids is 2. The maximum atomic E-state index is 11.9. The van der Waals surface area contributed by atoms with E-state index < -0.39 is 6.09 Å². The second-order valence-corrected chi connectivity index (χ2v) is 4.99. The number of aromatic nitrogens is 2. The van der Waals surface area contributed by atoms with E-state index in [2.05, 4.69) is 20.6 Å². The number of hydrogen-bond acceptors (Lipinski definition) is 5. The average Bonchev–Trinajstić information content (AvgIpc) is 2.45. The lowest BCUT2D eigenvalue weighted by Crippen LogP contribution is -2.44. The average molecular weight is 294 g/mol. The number of carbonyl (C=O) groups is 2. The van der Waals surface area contributed by atoms with Gasteiger partial charge in [0.15, 0.2) is 0 Å². The van der Waals surface area contributed by atoms with Gasteiger partial charge in [0.1, 0.15) is 5.69 Å². The topological polar surface area (TPSA) is 93.2 Å². The zero-order chi connectivity index (χ0) is 15.7. The third-order valence-corrected chi connectivity index (χ3v) is 2.66. The molecule has 0 bridgehead atoms. The first-order chi connectivity index (χ1) is 10.0. The summed E-state index contributed by atoms with van der Waals surface area (Å²) in [4.78, 5) is 31.1. The molecular weight excluding hydrogens is 272 g/mol. The van der Waals surface area contributed by atoms with Gasteiger partial charge in [0.25, 0.3) is 5.91 Å². The maximum absolute atomic E-state index is 11.9. The maximum Gasteiger partial charge on any atom is 0.407 e. The Morgan fingerprint density at radius 2 is 2.10 bits per heavy atom. The summed E-state index contributed by atoms with van der Waals surface area (Å²) in [6.45, 7) is 6.46. The molecular formula is C14H22N4O3. The van der Waals surface area contributed by atoms with Gasteiger partial charge in [-0.2, -0.15) is 0 Å². The van der Waals surface area contributed by atoms with Crippen LogP contribution >= 0.6 is 0 Å². The van der Waals surface area contributed by atoms with Crippen LogP contribution in [-0.2, 0) is 4.74 Å². The summed E-state index contributed by atoms with van der Waals surface area (Å²) in [5.41, 5.74) is 0.247. The molecule has 0 saturated carbocycles. The molecule has 0 fully saturated rings. The van der Waals surface area contributed by atoms with E-state index in [1.807, 2.05) is 13.8 Å². The van der Waals surface area contributed by atoms with Crippen LogP contribution in [0.5, 0.6) is 0 Å². The molecule has 1 rings (SSSR count). The highest BCUT2D eigenvalue weighted by atomic mass is 16.5. The van der Waals surface area contributed by atoms with Crippen LogP contribution in [0.25, 0.3) is 0 Å². The van der Waals surface area contributed by atoms with E-state index in [1.54, 1.807) is 6.92 Å². The van der Waals surface area contributed by atoms with Crippen molar-refractivity contribution >= 4 is 12.0 Å². The fourth-order valence-corrected chi connectivity index (χ4v) is 1.82. The Kier molecular flexibility index (Phi) is 7.14. The molecule has 2 amide bonds. The Bertz CT molecular complexity index is 451. The van der Waals surface area contributed by atoms with Crippen molar-refractivity contribution < 1.29 is 14.3 Å². The summed E-state index contributed by atoms with van der Waals surface area (Å²) >= 11 is 0. The van der Waals surface area contributed by atoms with E-state index in [1.165, 1.54) is 18.6 Å². The lowest BCUT2D eigenvalue weighted by atomic mass is 10.0. The molecule has 1 heterocycles. The standard InChI is InChI=1S/C14H22N4O3/c1-4-21-14(20)18-11(7-10(2)3)8-17-13(19)12-9-15-5-6-16-12/h5-6,9-11H,4,7-8H2,1-3H3,(H,17,19)(H,18,20). The van der Waals surface area contributed by atoms with Crippen LogP contribution in [0.15, 0.2) is 18.6 Å². The monoisotopic (exact) mass is 294 g/mol. The fraction of sp³-hybridized carbons (Fsp3) is 0.571. The lowest BCUT2D eigenvalue weighted by Gasteiger charge is -2.20. The second kappa shape index (κ2) is 8.89. The van der Waals surface area contributed by atoms with Crippen LogP contribution < -0.4 is 10.6 Å². The Balaban J connectivity index is 2.52. The summed E-state index contributed by atoms with van der Waals surface area (Å²) in [5.74, 6) is 0.0628. The third-order valence-electron chi connectivity index (χ3n) is 2.66. The fourth-order valence-electron chi connectivity index (χ4n) is 1.82. The first-order valence-electron chi connectivity index (χ1n) is 7.00. The predicted molar refractivity (Wildman–Crippen MR) is 77.8 cm³/mol. The van der Waals surface area contributed by atoms with Crippen LogP contribution in [0.3, 0.4) is 0 Å². The van der Waals surface area contributed by atoms with E-state index in [0.717, 1.165) is 6.42 Å². The minimum atomic E-state index is -0.475. The van der Waals surface area contributed by atoms with Crippen LogP contribution in [0.1, 0.15) is 37.7 Å². The van der Waals surface area contributed by atoms with Crippen LogP contribution in [0.4, 0.5) is 4.79 Å². The van der Waals surface area contributed by atoms with Gasteiger partial charge >= 0.3 is 6.09 Å². The predicted octanol–water partition coefficient (Wildman–Crippen LogP) is 1.37. The first kappa shape index (κ1) is 16.9. The Labute approximate surface area is 124 Å². The number of rotatable bonds is 7. The minimum Gasteiger partial charge on any atom is -0.450 e. The summed E-state index contributed by atoms with van der Waals surface area (Å²) in [5, 5.41) is 5.48. The number of ether oxygens (including phenoxy) is 1. The van der Waals surface area contributed by atoms with Crippen molar-refractivity contribution in [3.8, 4) is 0 Å². The molecule has 21 heavy (non-hydrogen) atoms. The number of nitrogens with zero attached hydrogens (tertiary/aromatic N) is 2. The Morgan fingerprint density at radius 1 is 1.33 bits per heavy atom.